The van der Waals surface area contributed by atoms with Crippen molar-refractivity contribution in [1.29, 1.82) is 0 Å². The van der Waals surface area contributed by atoms with Crippen molar-refractivity contribution in [2.45, 2.75) is 6.54 Å². The molecule has 8 heteroatoms. The van der Waals surface area contributed by atoms with Gasteiger partial charge in [-0.15, -0.1) is 5.10 Å². The molecule has 32 heavy (non-hydrogen) atoms. The van der Waals surface area contributed by atoms with Crippen molar-refractivity contribution in [1.82, 2.24) is 25.3 Å². The summed E-state index contributed by atoms with van der Waals surface area (Å²) in [6, 6.07) is 20.9. The molecule has 0 aliphatic rings. The minimum Gasteiger partial charge on any atom is -0.493 e. The maximum absolute atomic E-state index is 12.9. The highest BCUT2D eigenvalue weighted by Gasteiger charge is 2.21. The summed E-state index contributed by atoms with van der Waals surface area (Å²) in [6.07, 6.45) is 3.36. The van der Waals surface area contributed by atoms with E-state index in [1.807, 2.05) is 66.7 Å². The van der Waals surface area contributed by atoms with Crippen LogP contribution in [0.1, 0.15) is 16.1 Å². The fourth-order valence-corrected chi connectivity index (χ4v) is 3.28. The summed E-state index contributed by atoms with van der Waals surface area (Å²) in [5.41, 5.74) is 2.77. The van der Waals surface area contributed by atoms with E-state index in [1.54, 1.807) is 24.2 Å². The molecule has 0 saturated carbocycles. The van der Waals surface area contributed by atoms with Gasteiger partial charge in [-0.3, -0.25) is 9.78 Å². The highest BCUT2D eigenvalue weighted by atomic mass is 16.5. The second kappa shape index (κ2) is 10.2. The number of rotatable bonds is 9. The molecule has 0 atom stereocenters. The van der Waals surface area contributed by atoms with Gasteiger partial charge in [-0.1, -0.05) is 47.7 Å². The number of hydrogen-bond donors (Lipinski definition) is 1. The van der Waals surface area contributed by atoms with E-state index in [-0.39, 0.29) is 18.2 Å². The smallest absolute Gasteiger partial charge is 0.274 e. The Bertz CT molecular complexity index is 1160. The number of amides is 1. The first-order valence-corrected chi connectivity index (χ1v) is 10.2. The highest BCUT2D eigenvalue weighted by molar-refractivity contribution is 5.98. The predicted molar refractivity (Wildman–Crippen MR) is 120 cm³/mol. The summed E-state index contributed by atoms with van der Waals surface area (Å²) in [7, 11) is 1.59. The van der Waals surface area contributed by atoms with Crippen LogP contribution in [-0.4, -0.2) is 46.1 Å². The van der Waals surface area contributed by atoms with E-state index in [1.165, 1.54) is 0 Å². The Hall–Kier alpha value is -4.20. The molecular weight excluding hydrogens is 406 g/mol. The summed E-state index contributed by atoms with van der Waals surface area (Å²) in [5.74, 6) is 0.943. The summed E-state index contributed by atoms with van der Waals surface area (Å²) < 4.78 is 12.7. The van der Waals surface area contributed by atoms with E-state index >= 15 is 0 Å². The van der Waals surface area contributed by atoms with E-state index in [9.17, 15) is 4.79 Å². The summed E-state index contributed by atoms with van der Waals surface area (Å²) in [5, 5.41) is 11.3. The standard InChI is InChI=1S/C24H23N5O3/c1-31-20-9-5-6-10-21(20)32-16-15-26-24(30)22-23(19-11-13-25-14-12-19)29(28-27-22)17-18-7-3-2-4-8-18/h2-14H,15-17H2,1H3,(H,26,30). The van der Waals surface area contributed by atoms with Crippen LogP contribution < -0.4 is 14.8 Å². The number of methoxy groups -OCH3 is 1. The van der Waals surface area contributed by atoms with Crippen molar-refractivity contribution in [2.75, 3.05) is 20.3 Å². The molecule has 2 aromatic carbocycles. The number of carbonyl (C=O) groups is 1. The lowest BCUT2D eigenvalue weighted by molar-refractivity contribution is 0.0942. The largest absolute Gasteiger partial charge is 0.493 e. The molecule has 0 fully saturated rings. The van der Waals surface area contributed by atoms with Gasteiger partial charge in [0.05, 0.1) is 20.2 Å². The number of nitrogens with zero attached hydrogens (tertiary/aromatic N) is 4. The Kier molecular flexibility index (Phi) is 6.72. The molecule has 2 aromatic heterocycles. The first kappa shape index (κ1) is 21.0. The van der Waals surface area contributed by atoms with Crippen LogP contribution in [0, 0.1) is 0 Å². The van der Waals surface area contributed by atoms with Crippen LogP contribution in [0.3, 0.4) is 0 Å². The normalized spacial score (nSPS) is 10.5. The molecule has 0 bridgehead atoms. The number of ether oxygens (including phenoxy) is 2. The Balaban J connectivity index is 1.48. The van der Waals surface area contributed by atoms with Crippen molar-refractivity contribution in [3.8, 4) is 22.8 Å². The van der Waals surface area contributed by atoms with Crippen LogP contribution in [0.25, 0.3) is 11.3 Å². The summed E-state index contributed by atoms with van der Waals surface area (Å²) in [4.78, 5) is 17.0. The second-order valence-corrected chi connectivity index (χ2v) is 6.92. The molecule has 4 aromatic rings. The van der Waals surface area contributed by atoms with Crippen molar-refractivity contribution in [3.63, 3.8) is 0 Å². The van der Waals surface area contributed by atoms with Gasteiger partial charge in [0.1, 0.15) is 12.3 Å². The molecule has 1 N–H and O–H groups in total. The zero-order chi connectivity index (χ0) is 22.2. The molecule has 0 radical (unpaired) electrons. The minimum atomic E-state index is -0.320. The Morgan fingerprint density at radius 2 is 1.69 bits per heavy atom. The molecule has 0 unspecified atom stereocenters. The fourth-order valence-electron chi connectivity index (χ4n) is 3.28. The molecule has 4 rings (SSSR count). The van der Waals surface area contributed by atoms with Crippen molar-refractivity contribution < 1.29 is 14.3 Å². The SMILES string of the molecule is COc1ccccc1OCCNC(=O)c1nnn(Cc2ccccc2)c1-c1ccncc1. The highest BCUT2D eigenvalue weighted by Crippen LogP contribution is 2.25. The quantitative estimate of drug-likeness (QED) is 0.411. The molecule has 0 saturated heterocycles. The van der Waals surface area contributed by atoms with E-state index in [0.29, 0.717) is 30.3 Å². The molecule has 0 spiro atoms. The van der Waals surface area contributed by atoms with Crippen LogP contribution in [0.4, 0.5) is 0 Å². The summed E-state index contributed by atoms with van der Waals surface area (Å²) >= 11 is 0. The number of pyridine rings is 1. The van der Waals surface area contributed by atoms with Crippen LogP contribution in [0.5, 0.6) is 11.5 Å². The number of para-hydroxylation sites is 2. The van der Waals surface area contributed by atoms with Crippen LogP contribution in [0.2, 0.25) is 0 Å². The number of aromatic nitrogens is 4. The minimum absolute atomic E-state index is 0.254. The van der Waals surface area contributed by atoms with Crippen molar-refractivity contribution >= 4 is 5.91 Å². The zero-order valence-corrected chi connectivity index (χ0v) is 17.6. The van der Waals surface area contributed by atoms with E-state index < -0.39 is 0 Å². The Labute approximate surface area is 185 Å². The average molecular weight is 429 g/mol. The third kappa shape index (κ3) is 4.92. The molecule has 2 heterocycles. The molecule has 8 nitrogen and oxygen atoms in total. The van der Waals surface area contributed by atoms with Gasteiger partial charge >= 0.3 is 0 Å². The molecular formula is C24H23N5O3. The zero-order valence-electron chi connectivity index (χ0n) is 17.6. The number of hydrogen-bond acceptors (Lipinski definition) is 6. The Morgan fingerprint density at radius 3 is 2.44 bits per heavy atom. The lowest BCUT2D eigenvalue weighted by Crippen LogP contribution is -2.29. The van der Waals surface area contributed by atoms with Crippen LogP contribution in [0.15, 0.2) is 79.1 Å². The third-order valence-electron chi connectivity index (χ3n) is 4.79. The van der Waals surface area contributed by atoms with Crippen molar-refractivity contribution in [3.05, 3.63) is 90.4 Å². The maximum Gasteiger partial charge on any atom is 0.274 e. The average Bonchev–Trinajstić information content (AvgIpc) is 3.26. The van der Waals surface area contributed by atoms with Gasteiger partial charge in [0.15, 0.2) is 17.2 Å². The van der Waals surface area contributed by atoms with Crippen LogP contribution in [-0.2, 0) is 6.54 Å². The van der Waals surface area contributed by atoms with Gasteiger partial charge in [0.25, 0.3) is 5.91 Å². The first-order valence-electron chi connectivity index (χ1n) is 10.2. The van der Waals surface area contributed by atoms with E-state index in [4.69, 9.17) is 9.47 Å². The lowest BCUT2D eigenvalue weighted by atomic mass is 10.1. The van der Waals surface area contributed by atoms with Gasteiger partial charge in [-0.2, -0.15) is 0 Å². The second-order valence-electron chi connectivity index (χ2n) is 6.92. The van der Waals surface area contributed by atoms with Crippen LogP contribution >= 0.6 is 0 Å². The lowest BCUT2D eigenvalue weighted by Gasteiger charge is -2.11. The summed E-state index contributed by atoms with van der Waals surface area (Å²) in [6.45, 7) is 1.09. The van der Waals surface area contributed by atoms with E-state index in [2.05, 4.69) is 20.6 Å². The predicted octanol–water partition coefficient (Wildman–Crippen LogP) is 3.21. The van der Waals surface area contributed by atoms with Gasteiger partial charge in [-0.25, -0.2) is 4.68 Å². The molecule has 0 aliphatic heterocycles. The number of nitrogens with one attached hydrogen (secondary N) is 1. The topological polar surface area (TPSA) is 91.2 Å². The van der Waals surface area contributed by atoms with Gasteiger partial charge in [-0.05, 0) is 29.8 Å². The Morgan fingerprint density at radius 1 is 0.969 bits per heavy atom. The first-order chi connectivity index (χ1) is 15.8. The molecule has 0 aliphatic carbocycles. The number of benzene rings is 2. The third-order valence-corrected chi connectivity index (χ3v) is 4.79. The monoisotopic (exact) mass is 429 g/mol. The van der Waals surface area contributed by atoms with Gasteiger partial charge < -0.3 is 14.8 Å². The maximum atomic E-state index is 12.9. The van der Waals surface area contributed by atoms with Crippen molar-refractivity contribution in [2.24, 2.45) is 0 Å². The molecule has 1 amide bonds. The molecule has 162 valence electrons. The van der Waals surface area contributed by atoms with E-state index in [0.717, 1.165) is 11.1 Å². The fraction of sp³-hybridized carbons (Fsp3) is 0.167. The van der Waals surface area contributed by atoms with Gasteiger partial charge in [0, 0.05) is 18.0 Å². The van der Waals surface area contributed by atoms with Gasteiger partial charge in [0.2, 0.25) is 0 Å². The number of carbonyl (C=O) groups excluding carboxylic acids is 1.